The molecule has 0 saturated heterocycles. The Morgan fingerprint density at radius 2 is 2.33 bits per heavy atom. The zero-order valence-corrected chi connectivity index (χ0v) is 11.5. The van der Waals surface area contributed by atoms with Gasteiger partial charge in [-0.3, -0.25) is 9.48 Å². The van der Waals surface area contributed by atoms with E-state index in [1.165, 1.54) is 0 Å². The number of rotatable bonds is 5. The number of aromatic nitrogens is 2. The molecule has 2 N–H and O–H groups in total. The molecule has 1 saturated carbocycles. The molecule has 1 fully saturated rings. The number of nitrogens with two attached hydrogens (primary N) is 1. The number of hydrogen-bond donors (Lipinski definition) is 1. The molecule has 0 aromatic carbocycles. The predicted octanol–water partition coefficient (Wildman–Crippen LogP) is 1.01. The van der Waals surface area contributed by atoms with Gasteiger partial charge in [-0.05, 0) is 19.8 Å². The van der Waals surface area contributed by atoms with Crippen molar-refractivity contribution < 1.29 is 4.79 Å². The molecule has 18 heavy (non-hydrogen) atoms. The van der Waals surface area contributed by atoms with Crippen LogP contribution in [0.4, 0.5) is 0 Å². The first kappa shape index (κ1) is 13.0. The second-order valence-electron chi connectivity index (χ2n) is 4.71. The van der Waals surface area contributed by atoms with E-state index in [9.17, 15) is 4.79 Å². The maximum absolute atomic E-state index is 12.5. The third-order valence-electron chi connectivity index (χ3n) is 3.31. The highest BCUT2D eigenvalue weighted by atomic mass is 32.1. The molecule has 1 aromatic rings. The largest absolute Gasteiger partial charge is 0.393 e. The lowest BCUT2D eigenvalue weighted by atomic mass is 10.2. The highest BCUT2D eigenvalue weighted by molar-refractivity contribution is 7.80. The Morgan fingerprint density at radius 3 is 2.78 bits per heavy atom. The summed E-state index contributed by atoms with van der Waals surface area (Å²) >= 11 is 4.88. The molecule has 5 nitrogen and oxygen atoms in total. The van der Waals surface area contributed by atoms with Gasteiger partial charge in [0.05, 0.1) is 16.7 Å². The maximum Gasteiger partial charge on any atom is 0.257 e. The van der Waals surface area contributed by atoms with E-state index in [0.29, 0.717) is 29.6 Å². The van der Waals surface area contributed by atoms with Gasteiger partial charge in [-0.15, -0.1) is 0 Å². The van der Waals surface area contributed by atoms with Crippen LogP contribution >= 0.6 is 12.2 Å². The summed E-state index contributed by atoms with van der Waals surface area (Å²) in [7, 11) is 1.84. The molecule has 2 rings (SSSR count). The van der Waals surface area contributed by atoms with Crippen LogP contribution in [0.25, 0.3) is 0 Å². The number of thiocarbonyl (C=S) groups is 1. The normalized spacial score (nSPS) is 14.6. The van der Waals surface area contributed by atoms with Crippen molar-refractivity contribution >= 4 is 23.1 Å². The summed E-state index contributed by atoms with van der Waals surface area (Å²) in [6, 6.07) is 0.353. The Hall–Kier alpha value is -1.43. The fraction of sp³-hybridized carbons (Fsp3) is 0.583. The predicted molar refractivity (Wildman–Crippen MR) is 73.4 cm³/mol. The van der Waals surface area contributed by atoms with Crippen LogP contribution in [-0.2, 0) is 7.05 Å². The minimum atomic E-state index is 0.0411. The number of carbonyl (C=O) groups excluding carboxylic acids is 1. The van der Waals surface area contributed by atoms with E-state index in [2.05, 4.69) is 5.10 Å². The molecule has 1 aliphatic carbocycles. The van der Waals surface area contributed by atoms with Gasteiger partial charge in [0.15, 0.2) is 0 Å². The van der Waals surface area contributed by atoms with Crippen molar-refractivity contribution in [3.8, 4) is 0 Å². The van der Waals surface area contributed by atoms with E-state index in [0.717, 1.165) is 18.5 Å². The number of carbonyl (C=O) groups is 1. The molecule has 1 aromatic heterocycles. The molecule has 0 bridgehead atoms. The molecule has 6 heteroatoms. The highest BCUT2D eigenvalue weighted by Crippen LogP contribution is 2.28. The number of amides is 1. The number of aryl methyl sites for hydroxylation is 1. The Bertz CT molecular complexity index is 478. The van der Waals surface area contributed by atoms with Gasteiger partial charge in [-0.2, -0.15) is 5.10 Å². The van der Waals surface area contributed by atoms with Crippen LogP contribution in [0.3, 0.4) is 0 Å². The summed E-state index contributed by atoms with van der Waals surface area (Å²) in [5.41, 5.74) is 7.07. The topological polar surface area (TPSA) is 64.2 Å². The zero-order chi connectivity index (χ0) is 13.3. The van der Waals surface area contributed by atoms with Crippen molar-refractivity contribution in [3.05, 3.63) is 17.5 Å². The highest BCUT2D eigenvalue weighted by Gasteiger charge is 2.33. The molecule has 0 spiro atoms. The van der Waals surface area contributed by atoms with E-state index < -0.39 is 0 Å². The number of hydrogen-bond acceptors (Lipinski definition) is 3. The average molecular weight is 266 g/mol. The van der Waals surface area contributed by atoms with Gasteiger partial charge in [0.2, 0.25) is 0 Å². The molecular formula is C12H18N4OS. The van der Waals surface area contributed by atoms with E-state index in [-0.39, 0.29) is 5.91 Å². The third-order valence-corrected chi connectivity index (χ3v) is 3.52. The summed E-state index contributed by atoms with van der Waals surface area (Å²) in [5.74, 6) is 0.0411. The summed E-state index contributed by atoms with van der Waals surface area (Å²) in [4.78, 5) is 14.8. The van der Waals surface area contributed by atoms with Crippen molar-refractivity contribution in [2.45, 2.75) is 32.2 Å². The Balaban J connectivity index is 2.13. The SMILES string of the molecule is Cc1c(C(=O)N(CCC(N)=S)C2CC2)cnn1C. The number of nitrogens with zero attached hydrogens (tertiary/aromatic N) is 3. The fourth-order valence-electron chi connectivity index (χ4n) is 1.93. The minimum absolute atomic E-state index is 0.0411. The smallest absolute Gasteiger partial charge is 0.257 e. The van der Waals surface area contributed by atoms with Crippen LogP contribution in [0.2, 0.25) is 0 Å². The average Bonchev–Trinajstić information content (AvgIpc) is 3.08. The van der Waals surface area contributed by atoms with Crippen LogP contribution in [0.5, 0.6) is 0 Å². The van der Waals surface area contributed by atoms with Gasteiger partial charge in [0.25, 0.3) is 5.91 Å². The third kappa shape index (κ3) is 2.69. The molecule has 0 radical (unpaired) electrons. The fourth-order valence-corrected chi connectivity index (χ4v) is 2.02. The minimum Gasteiger partial charge on any atom is -0.393 e. The van der Waals surface area contributed by atoms with Crippen molar-refractivity contribution in [2.24, 2.45) is 12.8 Å². The van der Waals surface area contributed by atoms with Crippen LogP contribution in [-0.4, -0.2) is 38.2 Å². The van der Waals surface area contributed by atoms with E-state index in [1.54, 1.807) is 10.9 Å². The second-order valence-corrected chi connectivity index (χ2v) is 5.24. The first-order valence-electron chi connectivity index (χ1n) is 6.08. The lowest BCUT2D eigenvalue weighted by molar-refractivity contribution is 0.0747. The van der Waals surface area contributed by atoms with Gasteiger partial charge in [0, 0.05) is 31.7 Å². The Labute approximate surface area is 112 Å². The maximum atomic E-state index is 12.5. The molecule has 0 unspecified atom stereocenters. The molecule has 98 valence electrons. The van der Waals surface area contributed by atoms with Gasteiger partial charge >= 0.3 is 0 Å². The molecule has 0 atom stereocenters. The summed E-state index contributed by atoms with van der Waals surface area (Å²) in [6.07, 6.45) is 4.36. The van der Waals surface area contributed by atoms with Crippen LogP contribution in [0.15, 0.2) is 6.20 Å². The Morgan fingerprint density at radius 1 is 1.67 bits per heavy atom. The van der Waals surface area contributed by atoms with Crippen molar-refractivity contribution in [3.63, 3.8) is 0 Å². The van der Waals surface area contributed by atoms with Gasteiger partial charge in [0.1, 0.15) is 0 Å². The van der Waals surface area contributed by atoms with Crippen LogP contribution in [0.1, 0.15) is 35.3 Å². The summed E-state index contributed by atoms with van der Waals surface area (Å²) in [6.45, 7) is 2.51. The summed E-state index contributed by atoms with van der Waals surface area (Å²) in [5, 5.41) is 4.11. The van der Waals surface area contributed by atoms with Crippen molar-refractivity contribution in [2.75, 3.05) is 6.54 Å². The molecule has 0 aliphatic heterocycles. The monoisotopic (exact) mass is 266 g/mol. The standard InChI is InChI=1S/C12H18N4OS/c1-8-10(7-14-15(8)2)12(17)16(9-3-4-9)6-5-11(13)18/h7,9H,3-6H2,1-2H3,(H2,13,18). The van der Waals surface area contributed by atoms with Crippen molar-refractivity contribution in [1.82, 2.24) is 14.7 Å². The van der Waals surface area contributed by atoms with Gasteiger partial charge < -0.3 is 10.6 Å². The van der Waals surface area contributed by atoms with Gasteiger partial charge in [-0.25, -0.2) is 0 Å². The lowest BCUT2D eigenvalue weighted by Crippen LogP contribution is -2.35. The van der Waals surface area contributed by atoms with E-state index >= 15 is 0 Å². The molecular weight excluding hydrogens is 248 g/mol. The summed E-state index contributed by atoms with van der Waals surface area (Å²) < 4.78 is 1.71. The quantitative estimate of drug-likeness (QED) is 0.808. The Kier molecular flexibility index (Phi) is 3.65. The van der Waals surface area contributed by atoms with E-state index in [1.807, 2.05) is 18.9 Å². The van der Waals surface area contributed by atoms with Crippen LogP contribution in [0, 0.1) is 6.92 Å². The molecule has 1 aliphatic rings. The molecule has 1 heterocycles. The van der Waals surface area contributed by atoms with E-state index in [4.69, 9.17) is 18.0 Å². The first-order valence-corrected chi connectivity index (χ1v) is 6.49. The lowest BCUT2D eigenvalue weighted by Gasteiger charge is -2.22. The van der Waals surface area contributed by atoms with Crippen molar-refractivity contribution in [1.29, 1.82) is 0 Å². The molecule has 1 amide bonds. The first-order chi connectivity index (χ1) is 8.50. The zero-order valence-electron chi connectivity index (χ0n) is 10.7. The van der Waals surface area contributed by atoms with Crippen LogP contribution < -0.4 is 5.73 Å². The second kappa shape index (κ2) is 5.06. The van der Waals surface area contributed by atoms with Gasteiger partial charge in [-0.1, -0.05) is 12.2 Å².